The molecule has 1 saturated heterocycles. The van der Waals surface area contributed by atoms with Crippen molar-refractivity contribution in [1.82, 2.24) is 5.32 Å². The monoisotopic (exact) mass is 266 g/mol. The summed E-state index contributed by atoms with van der Waals surface area (Å²) in [7, 11) is 3.63. The van der Waals surface area contributed by atoms with Crippen molar-refractivity contribution < 1.29 is 9.13 Å². The second-order valence-corrected chi connectivity index (χ2v) is 5.23. The smallest absolute Gasteiger partial charge is 0.125 e. The Morgan fingerprint density at radius 1 is 1.32 bits per heavy atom. The van der Waals surface area contributed by atoms with Crippen LogP contribution >= 0.6 is 0 Å². The van der Waals surface area contributed by atoms with Gasteiger partial charge < -0.3 is 15.0 Å². The average molecular weight is 266 g/mol. The lowest BCUT2D eigenvalue weighted by atomic mass is 9.97. The third-order valence-electron chi connectivity index (χ3n) is 3.71. The highest BCUT2D eigenvalue weighted by Gasteiger charge is 2.19. The molecule has 3 nitrogen and oxygen atoms in total. The summed E-state index contributed by atoms with van der Waals surface area (Å²) in [6.07, 6.45) is 2.23. The van der Waals surface area contributed by atoms with E-state index in [2.05, 4.69) is 16.3 Å². The van der Waals surface area contributed by atoms with Gasteiger partial charge in [-0.1, -0.05) is 0 Å². The van der Waals surface area contributed by atoms with Gasteiger partial charge >= 0.3 is 0 Å². The van der Waals surface area contributed by atoms with Gasteiger partial charge in [-0.25, -0.2) is 4.39 Å². The summed E-state index contributed by atoms with van der Waals surface area (Å²) in [4.78, 5) is 2.27. The lowest BCUT2D eigenvalue weighted by Crippen LogP contribution is -2.35. The molecule has 0 amide bonds. The molecule has 1 heterocycles. The number of halogens is 1. The Labute approximate surface area is 114 Å². The van der Waals surface area contributed by atoms with Gasteiger partial charge in [0.1, 0.15) is 5.82 Å². The van der Waals surface area contributed by atoms with E-state index in [0.29, 0.717) is 12.5 Å². The quantitative estimate of drug-likeness (QED) is 0.885. The molecular weight excluding hydrogens is 243 g/mol. The fourth-order valence-corrected chi connectivity index (χ4v) is 2.72. The predicted octanol–water partition coefficient (Wildman–Crippen LogP) is 2.41. The molecule has 0 radical (unpaired) electrons. The molecule has 2 rings (SSSR count). The Kier molecular flexibility index (Phi) is 5.16. The molecule has 1 aromatic rings. The minimum absolute atomic E-state index is 0.151. The minimum atomic E-state index is -0.151. The largest absolute Gasteiger partial charge is 0.384 e. The Balaban J connectivity index is 2.02. The summed E-state index contributed by atoms with van der Waals surface area (Å²) in [5, 5.41) is 3.06. The van der Waals surface area contributed by atoms with Gasteiger partial charge in [-0.3, -0.25) is 0 Å². The summed E-state index contributed by atoms with van der Waals surface area (Å²) in [6.45, 7) is 3.50. The first-order valence-corrected chi connectivity index (χ1v) is 6.91. The number of methoxy groups -OCH3 is 1. The molecule has 0 bridgehead atoms. The zero-order chi connectivity index (χ0) is 13.7. The van der Waals surface area contributed by atoms with Crippen LogP contribution in [-0.4, -0.2) is 33.9 Å². The van der Waals surface area contributed by atoms with Crippen LogP contribution < -0.4 is 10.2 Å². The molecule has 1 aromatic carbocycles. The van der Waals surface area contributed by atoms with E-state index in [1.165, 1.54) is 0 Å². The molecule has 106 valence electrons. The number of benzene rings is 1. The van der Waals surface area contributed by atoms with E-state index in [4.69, 9.17) is 4.74 Å². The van der Waals surface area contributed by atoms with Crippen molar-refractivity contribution in [3.8, 4) is 0 Å². The molecule has 0 aromatic heterocycles. The molecule has 1 N–H and O–H groups in total. The molecule has 0 aliphatic carbocycles. The van der Waals surface area contributed by atoms with Crippen LogP contribution in [0.15, 0.2) is 18.2 Å². The van der Waals surface area contributed by atoms with Gasteiger partial charge in [0, 0.05) is 39.0 Å². The van der Waals surface area contributed by atoms with Crippen molar-refractivity contribution in [2.24, 2.45) is 5.92 Å². The zero-order valence-electron chi connectivity index (χ0n) is 11.8. The van der Waals surface area contributed by atoms with Gasteiger partial charge in [0.2, 0.25) is 0 Å². The van der Waals surface area contributed by atoms with Crippen LogP contribution in [0, 0.1) is 11.7 Å². The van der Waals surface area contributed by atoms with E-state index in [1.807, 2.05) is 7.05 Å². The molecule has 1 fully saturated rings. The lowest BCUT2D eigenvalue weighted by Gasteiger charge is -2.33. The van der Waals surface area contributed by atoms with Gasteiger partial charge in [-0.05, 0) is 49.6 Å². The summed E-state index contributed by atoms with van der Waals surface area (Å²) in [6, 6.07) is 5.31. The number of nitrogens with one attached hydrogen (secondary N) is 1. The molecule has 1 aliphatic rings. The molecule has 0 atom stereocenters. The average Bonchev–Trinajstić information content (AvgIpc) is 2.40. The number of hydrogen-bond donors (Lipinski definition) is 1. The molecular formula is C15H23FN2O. The van der Waals surface area contributed by atoms with E-state index >= 15 is 0 Å². The first kappa shape index (κ1) is 14.3. The maximum atomic E-state index is 13.6. The van der Waals surface area contributed by atoms with Crippen LogP contribution in [-0.2, 0) is 11.3 Å². The Bertz CT molecular complexity index is 403. The first-order chi connectivity index (χ1) is 9.22. The van der Waals surface area contributed by atoms with Crippen molar-refractivity contribution in [1.29, 1.82) is 0 Å². The van der Waals surface area contributed by atoms with Gasteiger partial charge in [0.15, 0.2) is 0 Å². The van der Waals surface area contributed by atoms with E-state index in [-0.39, 0.29) is 5.82 Å². The highest BCUT2D eigenvalue weighted by atomic mass is 19.1. The van der Waals surface area contributed by atoms with Crippen LogP contribution in [0.1, 0.15) is 18.4 Å². The highest BCUT2D eigenvalue weighted by molar-refractivity contribution is 5.49. The molecule has 0 saturated carbocycles. The summed E-state index contributed by atoms with van der Waals surface area (Å²) < 4.78 is 18.8. The van der Waals surface area contributed by atoms with Crippen LogP contribution in [0.5, 0.6) is 0 Å². The maximum Gasteiger partial charge on any atom is 0.125 e. The standard InChI is InChI=1S/C15H23FN2O/c1-17-10-13-7-14(16)9-15(8-13)18-5-3-12(4-6-18)11-19-2/h7-9,12,17H,3-6,10-11H2,1-2H3. The van der Waals surface area contributed by atoms with E-state index < -0.39 is 0 Å². The molecule has 19 heavy (non-hydrogen) atoms. The van der Waals surface area contributed by atoms with Crippen LogP contribution in [0.4, 0.5) is 10.1 Å². The first-order valence-electron chi connectivity index (χ1n) is 6.91. The van der Waals surface area contributed by atoms with Crippen molar-refractivity contribution in [3.63, 3.8) is 0 Å². The fourth-order valence-electron chi connectivity index (χ4n) is 2.72. The van der Waals surface area contributed by atoms with E-state index in [9.17, 15) is 4.39 Å². The van der Waals surface area contributed by atoms with Gasteiger partial charge in [-0.15, -0.1) is 0 Å². The molecule has 0 spiro atoms. The number of piperidine rings is 1. The van der Waals surface area contributed by atoms with Crippen molar-refractivity contribution in [3.05, 3.63) is 29.6 Å². The Hall–Kier alpha value is -1.13. The van der Waals surface area contributed by atoms with E-state index in [1.54, 1.807) is 19.2 Å². The van der Waals surface area contributed by atoms with Crippen molar-refractivity contribution in [2.75, 3.05) is 38.8 Å². The number of rotatable bonds is 5. The summed E-state index contributed by atoms with van der Waals surface area (Å²) >= 11 is 0. The topological polar surface area (TPSA) is 24.5 Å². The minimum Gasteiger partial charge on any atom is -0.384 e. The molecule has 1 aliphatic heterocycles. The Morgan fingerprint density at radius 3 is 2.68 bits per heavy atom. The van der Waals surface area contributed by atoms with E-state index in [0.717, 1.165) is 43.8 Å². The third kappa shape index (κ3) is 3.91. The Morgan fingerprint density at radius 2 is 2.05 bits per heavy atom. The zero-order valence-corrected chi connectivity index (χ0v) is 11.8. The fraction of sp³-hybridized carbons (Fsp3) is 0.600. The second-order valence-electron chi connectivity index (χ2n) is 5.23. The third-order valence-corrected chi connectivity index (χ3v) is 3.71. The lowest BCUT2D eigenvalue weighted by molar-refractivity contribution is 0.139. The van der Waals surface area contributed by atoms with Crippen molar-refractivity contribution in [2.45, 2.75) is 19.4 Å². The normalized spacial score (nSPS) is 16.9. The van der Waals surface area contributed by atoms with Gasteiger partial charge in [0.05, 0.1) is 0 Å². The number of hydrogen-bond acceptors (Lipinski definition) is 3. The number of ether oxygens (including phenoxy) is 1. The van der Waals surface area contributed by atoms with Gasteiger partial charge in [-0.2, -0.15) is 0 Å². The highest BCUT2D eigenvalue weighted by Crippen LogP contribution is 2.25. The number of nitrogens with zero attached hydrogens (tertiary/aromatic N) is 1. The molecule has 4 heteroatoms. The maximum absolute atomic E-state index is 13.6. The van der Waals surface area contributed by atoms with Crippen LogP contribution in [0.3, 0.4) is 0 Å². The van der Waals surface area contributed by atoms with Crippen molar-refractivity contribution >= 4 is 5.69 Å². The molecule has 0 unspecified atom stereocenters. The summed E-state index contributed by atoms with van der Waals surface area (Å²) in [5.41, 5.74) is 2.00. The van der Waals surface area contributed by atoms with Crippen LogP contribution in [0.25, 0.3) is 0 Å². The number of anilines is 1. The second kappa shape index (κ2) is 6.87. The SMILES string of the molecule is CNCc1cc(F)cc(N2CCC(COC)CC2)c1. The van der Waals surface area contributed by atoms with Gasteiger partial charge in [0.25, 0.3) is 0 Å². The predicted molar refractivity (Wildman–Crippen MR) is 76.0 cm³/mol. The summed E-state index contributed by atoms with van der Waals surface area (Å²) in [5.74, 6) is 0.494. The van der Waals surface area contributed by atoms with Crippen LogP contribution in [0.2, 0.25) is 0 Å².